The number of ether oxygens (including phenoxy) is 8. The highest BCUT2D eigenvalue weighted by Gasteiger charge is 2.51. The van der Waals surface area contributed by atoms with Crippen LogP contribution in [0.2, 0.25) is 0 Å². The van der Waals surface area contributed by atoms with E-state index in [2.05, 4.69) is 4.90 Å². The number of hydrogen-bond acceptors (Lipinski definition) is 10. The number of aliphatic hydroxyl groups excluding tert-OH is 1. The monoisotopic (exact) mass is 497 g/mol. The third kappa shape index (κ3) is 7.65. The topological polar surface area (TPSA) is 97.3 Å². The minimum Gasteiger partial charge on any atom is -0.396 e. The van der Waals surface area contributed by atoms with E-state index in [1.807, 2.05) is 30.3 Å². The van der Waals surface area contributed by atoms with Crippen LogP contribution in [-0.2, 0) is 37.9 Å². The first-order chi connectivity index (χ1) is 17.3. The number of nitrogens with zero attached hydrogens (tertiary/aromatic N) is 1. The summed E-state index contributed by atoms with van der Waals surface area (Å²) in [6.07, 6.45) is -2.06. The second kappa shape index (κ2) is 14.5. The minimum absolute atomic E-state index is 0.172. The summed E-state index contributed by atoms with van der Waals surface area (Å²) >= 11 is 0. The highest BCUT2D eigenvalue weighted by atomic mass is 16.8. The van der Waals surface area contributed by atoms with Gasteiger partial charge in [-0.15, -0.1) is 0 Å². The van der Waals surface area contributed by atoms with Crippen molar-refractivity contribution in [2.75, 3.05) is 79.6 Å². The Morgan fingerprint density at radius 2 is 1.57 bits per heavy atom. The Morgan fingerprint density at radius 3 is 2.26 bits per heavy atom. The zero-order valence-electron chi connectivity index (χ0n) is 20.5. The molecule has 1 N–H and O–H groups in total. The van der Waals surface area contributed by atoms with Crippen LogP contribution in [0.4, 0.5) is 0 Å². The lowest BCUT2D eigenvalue weighted by atomic mass is 9.97. The lowest BCUT2D eigenvalue weighted by Gasteiger charge is -2.48. The zero-order valence-corrected chi connectivity index (χ0v) is 20.5. The number of rotatable bonds is 5. The predicted octanol–water partition coefficient (Wildman–Crippen LogP) is 0.974. The van der Waals surface area contributed by atoms with Gasteiger partial charge in [-0.25, -0.2) is 0 Å². The molecule has 0 spiro atoms. The Balaban J connectivity index is 1.42. The van der Waals surface area contributed by atoms with Crippen molar-refractivity contribution in [3.8, 4) is 0 Å². The maximum absolute atomic E-state index is 9.15. The molecule has 1 aromatic rings. The second-order valence-corrected chi connectivity index (χ2v) is 8.77. The Kier molecular flexibility index (Phi) is 11.2. The minimum atomic E-state index is -0.618. The molecule has 35 heavy (non-hydrogen) atoms. The SMILES string of the molecule is CO[C@H]1O[C@@H]2CO[C@@H](c3ccccc3)O[C@H]2[C@@H]2OCCOCCN(CCCO)CCOCCO[C@@H]12. The van der Waals surface area contributed by atoms with E-state index in [1.165, 1.54) is 0 Å². The Hall–Kier alpha value is -1.18. The van der Waals surface area contributed by atoms with Crippen molar-refractivity contribution >= 4 is 0 Å². The van der Waals surface area contributed by atoms with Gasteiger partial charge in [0.1, 0.15) is 24.4 Å². The predicted molar refractivity (Wildman–Crippen MR) is 125 cm³/mol. The number of methoxy groups -OCH3 is 1. The summed E-state index contributed by atoms with van der Waals surface area (Å²) in [5, 5.41) is 9.15. The summed E-state index contributed by atoms with van der Waals surface area (Å²) < 4.78 is 48.3. The molecule has 1 aromatic carbocycles. The van der Waals surface area contributed by atoms with E-state index >= 15 is 0 Å². The number of hydrogen-bond donors (Lipinski definition) is 1. The van der Waals surface area contributed by atoms with E-state index in [0.717, 1.165) is 31.6 Å². The highest BCUT2D eigenvalue weighted by Crippen LogP contribution is 2.36. The fraction of sp³-hybridized carbons (Fsp3) is 0.760. The number of fused-ring (bicyclic) bond motifs is 3. The molecule has 0 unspecified atom stereocenters. The summed E-state index contributed by atoms with van der Waals surface area (Å²) in [7, 11) is 1.60. The van der Waals surface area contributed by atoms with Crippen LogP contribution < -0.4 is 0 Å². The van der Waals surface area contributed by atoms with Gasteiger partial charge in [0.25, 0.3) is 0 Å². The van der Waals surface area contributed by atoms with Crippen molar-refractivity contribution in [1.29, 1.82) is 0 Å². The molecule has 0 bridgehead atoms. The first-order valence-electron chi connectivity index (χ1n) is 12.5. The molecule has 10 nitrogen and oxygen atoms in total. The van der Waals surface area contributed by atoms with Gasteiger partial charge in [-0.3, -0.25) is 4.90 Å². The first-order valence-corrected chi connectivity index (χ1v) is 12.5. The van der Waals surface area contributed by atoms with Crippen molar-refractivity contribution in [2.24, 2.45) is 0 Å². The molecule has 0 amide bonds. The van der Waals surface area contributed by atoms with Crippen LogP contribution in [-0.4, -0.2) is 120 Å². The summed E-state index contributed by atoms with van der Waals surface area (Å²) in [5.41, 5.74) is 0.942. The van der Waals surface area contributed by atoms with Crippen LogP contribution in [0, 0.1) is 0 Å². The molecule has 3 aliphatic rings. The molecule has 4 rings (SSSR count). The average Bonchev–Trinajstić information content (AvgIpc) is 2.91. The molecule has 3 saturated heterocycles. The molecule has 10 heteroatoms. The molecular formula is C25H39NO9. The largest absolute Gasteiger partial charge is 0.396 e. The van der Waals surface area contributed by atoms with Crippen molar-refractivity contribution in [2.45, 2.75) is 43.4 Å². The molecule has 3 heterocycles. The van der Waals surface area contributed by atoms with Crippen LogP contribution in [0.5, 0.6) is 0 Å². The maximum Gasteiger partial charge on any atom is 0.186 e. The molecule has 0 saturated carbocycles. The van der Waals surface area contributed by atoms with E-state index in [0.29, 0.717) is 46.2 Å². The Labute approximate surface area is 207 Å². The average molecular weight is 498 g/mol. The molecule has 3 fully saturated rings. The third-order valence-electron chi connectivity index (χ3n) is 6.40. The molecule has 198 valence electrons. The summed E-state index contributed by atoms with van der Waals surface area (Å²) in [5.74, 6) is 0. The van der Waals surface area contributed by atoms with Crippen LogP contribution in [0.15, 0.2) is 30.3 Å². The maximum atomic E-state index is 9.15. The standard InChI is InChI=1S/C25H39NO9/c1-28-25-23-22(21-20(34-25)18-33-24(35-21)19-6-3-2-4-7-19)31-16-14-29-12-9-26(8-5-11-27)10-13-30-15-17-32-23/h2-4,6-7,20-25,27H,5,8-18H2,1H3/t20-,21-,22+,23-,24-,25+/m1/s1. The van der Waals surface area contributed by atoms with E-state index in [4.69, 9.17) is 43.0 Å². The second-order valence-electron chi connectivity index (χ2n) is 8.77. The molecule has 0 aliphatic carbocycles. The van der Waals surface area contributed by atoms with Gasteiger partial charge in [0.05, 0.1) is 46.2 Å². The van der Waals surface area contributed by atoms with Crippen molar-refractivity contribution in [3.05, 3.63) is 35.9 Å². The fourth-order valence-electron chi connectivity index (χ4n) is 4.59. The molecule has 6 atom stereocenters. The zero-order chi connectivity index (χ0) is 24.3. The van der Waals surface area contributed by atoms with E-state index in [1.54, 1.807) is 7.11 Å². The third-order valence-corrected chi connectivity index (χ3v) is 6.40. The Bertz CT molecular complexity index is 711. The Morgan fingerprint density at radius 1 is 0.857 bits per heavy atom. The summed E-state index contributed by atoms with van der Waals surface area (Å²) in [4.78, 5) is 2.23. The number of benzene rings is 1. The van der Waals surface area contributed by atoms with Crippen LogP contribution in [0.1, 0.15) is 18.3 Å². The van der Waals surface area contributed by atoms with Crippen molar-refractivity contribution in [1.82, 2.24) is 4.90 Å². The van der Waals surface area contributed by atoms with Gasteiger partial charge in [0.15, 0.2) is 12.6 Å². The van der Waals surface area contributed by atoms with Crippen LogP contribution in [0.25, 0.3) is 0 Å². The summed E-state index contributed by atoms with van der Waals surface area (Å²) in [6.45, 7) is 5.68. The highest BCUT2D eigenvalue weighted by molar-refractivity contribution is 5.16. The molecule has 3 aliphatic heterocycles. The molecule has 0 aromatic heterocycles. The van der Waals surface area contributed by atoms with Gasteiger partial charge in [-0.2, -0.15) is 0 Å². The lowest BCUT2D eigenvalue weighted by molar-refractivity contribution is -0.368. The van der Waals surface area contributed by atoms with Gasteiger partial charge in [0, 0.05) is 38.9 Å². The van der Waals surface area contributed by atoms with Crippen LogP contribution >= 0.6 is 0 Å². The first kappa shape index (κ1) is 26.9. The lowest BCUT2D eigenvalue weighted by Crippen LogP contribution is -2.63. The van der Waals surface area contributed by atoms with Crippen molar-refractivity contribution < 1.29 is 43.0 Å². The van der Waals surface area contributed by atoms with Crippen LogP contribution in [0.3, 0.4) is 0 Å². The summed E-state index contributed by atoms with van der Waals surface area (Å²) in [6, 6.07) is 9.84. The fourth-order valence-corrected chi connectivity index (χ4v) is 4.59. The van der Waals surface area contributed by atoms with Crippen molar-refractivity contribution in [3.63, 3.8) is 0 Å². The normalized spacial score (nSPS) is 34.2. The molecule has 0 radical (unpaired) electrons. The smallest absolute Gasteiger partial charge is 0.186 e. The number of aliphatic hydroxyl groups is 1. The quantitative estimate of drug-likeness (QED) is 0.634. The van der Waals surface area contributed by atoms with E-state index < -0.39 is 30.9 Å². The van der Waals surface area contributed by atoms with Gasteiger partial charge in [-0.05, 0) is 6.42 Å². The van der Waals surface area contributed by atoms with E-state index in [-0.39, 0.29) is 12.7 Å². The van der Waals surface area contributed by atoms with Gasteiger partial charge < -0.3 is 43.0 Å². The van der Waals surface area contributed by atoms with E-state index in [9.17, 15) is 0 Å². The van der Waals surface area contributed by atoms with Gasteiger partial charge >= 0.3 is 0 Å². The molecular weight excluding hydrogens is 458 g/mol. The van der Waals surface area contributed by atoms with Gasteiger partial charge in [-0.1, -0.05) is 30.3 Å². The van der Waals surface area contributed by atoms with Gasteiger partial charge in [0.2, 0.25) is 0 Å².